The van der Waals surface area contributed by atoms with E-state index >= 15 is 0 Å². The average Bonchev–Trinajstić information content (AvgIpc) is 2.54. The van der Waals surface area contributed by atoms with Crippen LogP contribution in [0.4, 0.5) is 0 Å². The molecule has 0 unspecified atom stereocenters. The Morgan fingerprint density at radius 3 is 2.50 bits per heavy atom. The van der Waals surface area contributed by atoms with Gasteiger partial charge in [0.15, 0.2) is 5.01 Å². The molecule has 6 heteroatoms. The fourth-order valence-corrected chi connectivity index (χ4v) is 1.53. The highest BCUT2D eigenvalue weighted by Gasteiger charge is 2.03. The summed E-state index contributed by atoms with van der Waals surface area (Å²) in [6.45, 7) is 0. The van der Waals surface area contributed by atoms with Crippen molar-refractivity contribution in [1.82, 2.24) is 20.2 Å². The van der Waals surface area contributed by atoms with Crippen LogP contribution < -0.4 is 0 Å². The molecule has 2 aromatic rings. The van der Waals surface area contributed by atoms with Gasteiger partial charge in [0, 0.05) is 18.0 Å². The molecular weight excluding hydrogens is 196 g/mol. The lowest BCUT2D eigenvalue weighted by atomic mass is 10.4. The number of rotatable bonds is 1. The van der Waals surface area contributed by atoms with E-state index in [1.807, 2.05) is 0 Å². The summed E-state index contributed by atoms with van der Waals surface area (Å²) < 4.78 is 0.425. The molecule has 0 bridgehead atoms. The van der Waals surface area contributed by atoms with Crippen LogP contribution in [0.15, 0.2) is 18.7 Å². The minimum absolute atomic E-state index is 0.425. The van der Waals surface area contributed by atoms with E-state index in [2.05, 4.69) is 20.2 Å². The van der Waals surface area contributed by atoms with E-state index in [0.717, 1.165) is 10.6 Å². The second kappa shape index (κ2) is 3.12. The second-order valence-electron chi connectivity index (χ2n) is 1.99. The monoisotopic (exact) mass is 198 g/mol. The minimum Gasteiger partial charge on any atom is -0.244 e. The molecule has 0 spiro atoms. The van der Waals surface area contributed by atoms with Crippen molar-refractivity contribution < 1.29 is 0 Å². The molecule has 0 aliphatic rings. The maximum Gasteiger partial charge on any atom is 0.207 e. The van der Waals surface area contributed by atoms with E-state index in [1.165, 1.54) is 17.7 Å². The van der Waals surface area contributed by atoms with Crippen molar-refractivity contribution in [2.45, 2.75) is 0 Å². The zero-order chi connectivity index (χ0) is 8.39. The number of nitrogens with zero attached hydrogens (tertiary/aromatic N) is 4. The van der Waals surface area contributed by atoms with Gasteiger partial charge >= 0.3 is 0 Å². The largest absolute Gasteiger partial charge is 0.244 e. The van der Waals surface area contributed by atoms with Gasteiger partial charge in [-0.3, -0.25) is 0 Å². The summed E-state index contributed by atoms with van der Waals surface area (Å²) in [5, 5.41) is 8.25. The summed E-state index contributed by atoms with van der Waals surface area (Å²) in [5.41, 5.74) is 0.835. The highest BCUT2D eigenvalue weighted by Crippen LogP contribution is 2.24. The number of hydrogen-bond acceptors (Lipinski definition) is 5. The van der Waals surface area contributed by atoms with E-state index in [0.29, 0.717) is 4.47 Å². The summed E-state index contributed by atoms with van der Waals surface area (Å²) in [5.74, 6) is 0. The molecule has 0 amide bonds. The van der Waals surface area contributed by atoms with Crippen LogP contribution in [0.1, 0.15) is 0 Å². The molecule has 2 aromatic heterocycles. The van der Waals surface area contributed by atoms with Crippen LogP contribution in [-0.4, -0.2) is 20.2 Å². The molecule has 0 radical (unpaired) electrons. The number of halogens is 1. The Bertz CT molecular complexity index is 374. The van der Waals surface area contributed by atoms with Crippen molar-refractivity contribution in [3.63, 3.8) is 0 Å². The van der Waals surface area contributed by atoms with Crippen LogP contribution in [-0.2, 0) is 0 Å². The average molecular weight is 199 g/mol. The van der Waals surface area contributed by atoms with Gasteiger partial charge in [-0.2, -0.15) is 0 Å². The second-order valence-corrected chi connectivity index (χ2v) is 3.55. The Kier molecular flexibility index (Phi) is 1.97. The molecule has 0 atom stereocenters. The summed E-state index contributed by atoms with van der Waals surface area (Å²) in [7, 11) is 0. The third kappa shape index (κ3) is 1.41. The SMILES string of the molecule is Clc1nnc(-c2cncnc2)s1. The van der Waals surface area contributed by atoms with E-state index < -0.39 is 0 Å². The van der Waals surface area contributed by atoms with Crippen molar-refractivity contribution in [3.05, 3.63) is 23.2 Å². The van der Waals surface area contributed by atoms with Gasteiger partial charge < -0.3 is 0 Å². The molecular formula is C6H3ClN4S. The first-order chi connectivity index (χ1) is 5.86. The quantitative estimate of drug-likeness (QED) is 0.699. The van der Waals surface area contributed by atoms with Crippen LogP contribution in [0.2, 0.25) is 4.47 Å². The topological polar surface area (TPSA) is 51.6 Å². The fourth-order valence-electron chi connectivity index (χ4n) is 0.732. The molecule has 0 saturated carbocycles. The third-order valence-electron chi connectivity index (χ3n) is 1.21. The first-order valence-electron chi connectivity index (χ1n) is 3.10. The van der Waals surface area contributed by atoms with E-state index in [9.17, 15) is 0 Å². The van der Waals surface area contributed by atoms with Crippen LogP contribution in [0, 0.1) is 0 Å². The van der Waals surface area contributed by atoms with Gasteiger partial charge in [-0.1, -0.05) is 11.3 Å². The van der Waals surface area contributed by atoms with Crippen LogP contribution in [0.5, 0.6) is 0 Å². The normalized spacial score (nSPS) is 10.1. The lowest BCUT2D eigenvalue weighted by Gasteiger charge is -1.89. The summed E-state index contributed by atoms with van der Waals surface area (Å²) in [4.78, 5) is 7.71. The summed E-state index contributed by atoms with van der Waals surface area (Å²) >= 11 is 6.92. The maximum atomic E-state index is 5.61. The Balaban J connectivity index is 2.45. The van der Waals surface area contributed by atoms with E-state index in [1.54, 1.807) is 12.4 Å². The number of hydrogen-bond donors (Lipinski definition) is 0. The molecule has 60 valence electrons. The van der Waals surface area contributed by atoms with Gasteiger partial charge in [-0.25, -0.2) is 9.97 Å². The van der Waals surface area contributed by atoms with Gasteiger partial charge in [-0.15, -0.1) is 10.2 Å². The predicted molar refractivity (Wildman–Crippen MR) is 45.9 cm³/mol. The fraction of sp³-hybridized carbons (Fsp3) is 0. The van der Waals surface area contributed by atoms with E-state index in [-0.39, 0.29) is 0 Å². The van der Waals surface area contributed by atoms with Gasteiger partial charge in [0.25, 0.3) is 0 Å². The molecule has 0 aliphatic heterocycles. The Hall–Kier alpha value is -1.07. The zero-order valence-electron chi connectivity index (χ0n) is 5.81. The number of aromatic nitrogens is 4. The van der Waals surface area contributed by atoms with Crippen molar-refractivity contribution in [2.24, 2.45) is 0 Å². The lowest BCUT2D eigenvalue weighted by Crippen LogP contribution is -1.80. The minimum atomic E-state index is 0.425. The Labute approximate surface area is 77.3 Å². The van der Waals surface area contributed by atoms with Crippen molar-refractivity contribution in [3.8, 4) is 10.6 Å². The Morgan fingerprint density at radius 1 is 1.17 bits per heavy atom. The first-order valence-corrected chi connectivity index (χ1v) is 4.30. The smallest absolute Gasteiger partial charge is 0.207 e. The van der Waals surface area contributed by atoms with Crippen LogP contribution in [0.25, 0.3) is 10.6 Å². The van der Waals surface area contributed by atoms with Crippen molar-refractivity contribution in [2.75, 3.05) is 0 Å². The Morgan fingerprint density at radius 2 is 1.92 bits per heavy atom. The lowest BCUT2D eigenvalue weighted by molar-refractivity contribution is 1.08. The molecule has 2 rings (SSSR count). The highest BCUT2D eigenvalue weighted by molar-refractivity contribution is 7.18. The molecule has 4 nitrogen and oxygen atoms in total. The molecule has 0 N–H and O–H groups in total. The summed E-state index contributed by atoms with van der Waals surface area (Å²) in [6, 6.07) is 0. The van der Waals surface area contributed by atoms with Crippen molar-refractivity contribution in [1.29, 1.82) is 0 Å². The van der Waals surface area contributed by atoms with Gasteiger partial charge in [-0.05, 0) is 11.6 Å². The molecule has 0 aliphatic carbocycles. The third-order valence-corrected chi connectivity index (χ3v) is 2.28. The van der Waals surface area contributed by atoms with Crippen LogP contribution >= 0.6 is 22.9 Å². The standard InChI is InChI=1S/C6H3ClN4S/c7-6-11-10-5(12-6)4-1-8-3-9-2-4/h1-3H. The zero-order valence-corrected chi connectivity index (χ0v) is 7.38. The van der Waals surface area contributed by atoms with Gasteiger partial charge in [0.2, 0.25) is 4.47 Å². The van der Waals surface area contributed by atoms with Gasteiger partial charge in [0.1, 0.15) is 6.33 Å². The molecule has 0 aromatic carbocycles. The molecule has 12 heavy (non-hydrogen) atoms. The molecule has 0 fully saturated rings. The maximum absolute atomic E-state index is 5.61. The summed E-state index contributed by atoms with van der Waals surface area (Å²) in [6.07, 6.45) is 4.81. The first kappa shape index (κ1) is 7.57. The van der Waals surface area contributed by atoms with Gasteiger partial charge in [0.05, 0.1) is 0 Å². The van der Waals surface area contributed by atoms with Crippen LogP contribution in [0.3, 0.4) is 0 Å². The van der Waals surface area contributed by atoms with E-state index in [4.69, 9.17) is 11.6 Å². The van der Waals surface area contributed by atoms with Crippen molar-refractivity contribution >= 4 is 22.9 Å². The predicted octanol–water partition coefficient (Wildman–Crippen LogP) is 1.65. The molecule has 2 heterocycles. The molecule has 0 saturated heterocycles. The highest BCUT2D eigenvalue weighted by atomic mass is 35.5.